The highest BCUT2D eigenvalue weighted by atomic mass is 79.9. The van der Waals surface area contributed by atoms with Gasteiger partial charge in [-0.3, -0.25) is 4.79 Å². The molecule has 0 bridgehead atoms. The van der Waals surface area contributed by atoms with E-state index in [0.29, 0.717) is 25.3 Å². The molecule has 1 fully saturated rings. The van der Waals surface area contributed by atoms with Crippen molar-refractivity contribution in [1.82, 2.24) is 15.1 Å². The highest BCUT2D eigenvalue weighted by Gasteiger charge is 2.16. The van der Waals surface area contributed by atoms with Crippen molar-refractivity contribution in [3.63, 3.8) is 0 Å². The zero-order valence-corrected chi connectivity index (χ0v) is 15.8. The molecule has 134 valence electrons. The molecule has 2 aromatic rings. The van der Waals surface area contributed by atoms with E-state index >= 15 is 0 Å². The van der Waals surface area contributed by atoms with Crippen LogP contribution in [0.5, 0.6) is 0 Å². The van der Waals surface area contributed by atoms with Crippen molar-refractivity contribution in [2.24, 2.45) is 0 Å². The maximum Gasteiger partial charge on any atom is 0.254 e. The second kappa shape index (κ2) is 8.60. The fourth-order valence-corrected chi connectivity index (χ4v) is 3.21. The average Bonchev–Trinajstić information content (AvgIpc) is 3.24. The van der Waals surface area contributed by atoms with E-state index in [9.17, 15) is 4.79 Å². The molecule has 1 aliphatic heterocycles. The number of aromatic nitrogens is 2. The minimum absolute atomic E-state index is 0.139. The molecule has 0 aliphatic carbocycles. The second-order valence-corrected chi connectivity index (χ2v) is 6.92. The molecule has 1 amide bonds. The normalized spacial score (nSPS) is 17.0. The maximum absolute atomic E-state index is 12.3. The Morgan fingerprint density at radius 2 is 2.40 bits per heavy atom. The van der Waals surface area contributed by atoms with Crippen LogP contribution in [0.2, 0.25) is 0 Å². The molecule has 1 saturated heterocycles. The van der Waals surface area contributed by atoms with Gasteiger partial charge in [-0.1, -0.05) is 22.0 Å². The van der Waals surface area contributed by atoms with Crippen molar-refractivity contribution < 1.29 is 14.3 Å². The molecule has 1 aromatic carbocycles. The van der Waals surface area contributed by atoms with Gasteiger partial charge in [-0.25, -0.2) is 4.68 Å². The number of rotatable bonds is 7. The Bertz CT molecular complexity index is 726. The topological polar surface area (TPSA) is 65.4 Å². The van der Waals surface area contributed by atoms with E-state index in [1.807, 2.05) is 31.2 Å². The van der Waals surface area contributed by atoms with E-state index in [1.165, 1.54) is 0 Å². The number of ether oxygens (including phenoxy) is 2. The third-order valence-corrected chi connectivity index (χ3v) is 4.66. The molecular weight excluding hydrogens is 386 g/mol. The molecular formula is C18H22BrN3O3. The van der Waals surface area contributed by atoms with Crippen LogP contribution in [0.1, 0.15) is 28.9 Å². The molecule has 1 unspecified atom stereocenters. The van der Waals surface area contributed by atoms with Gasteiger partial charge in [0, 0.05) is 17.6 Å². The molecule has 0 radical (unpaired) electrons. The van der Waals surface area contributed by atoms with Crippen LogP contribution in [0, 0.1) is 6.92 Å². The molecule has 25 heavy (non-hydrogen) atoms. The number of carbonyl (C=O) groups excluding carboxylic acids is 1. The smallest absolute Gasteiger partial charge is 0.254 e. The Morgan fingerprint density at radius 3 is 3.16 bits per heavy atom. The molecule has 6 nitrogen and oxygen atoms in total. The van der Waals surface area contributed by atoms with Gasteiger partial charge in [0.25, 0.3) is 5.91 Å². The van der Waals surface area contributed by atoms with Crippen molar-refractivity contribution in [3.05, 3.63) is 46.2 Å². The standard InChI is InChI=1S/C18H22BrN3O3/c1-13-17(11-21-22(13)15-5-2-4-14(19)10-15)18(23)20-7-9-24-12-16-6-3-8-25-16/h2,4-5,10-11,16H,3,6-9,12H2,1H3,(H,20,23). The third kappa shape index (κ3) is 4.68. The fraction of sp³-hybridized carbons (Fsp3) is 0.444. The van der Waals surface area contributed by atoms with E-state index in [0.717, 1.165) is 35.3 Å². The van der Waals surface area contributed by atoms with Crippen LogP contribution in [0.3, 0.4) is 0 Å². The fourth-order valence-electron chi connectivity index (χ4n) is 2.82. The average molecular weight is 408 g/mol. The summed E-state index contributed by atoms with van der Waals surface area (Å²) in [5.74, 6) is -0.139. The van der Waals surface area contributed by atoms with Gasteiger partial charge in [0.15, 0.2) is 0 Å². The first-order valence-electron chi connectivity index (χ1n) is 8.43. The number of hydrogen-bond acceptors (Lipinski definition) is 4. The van der Waals surface area contributed by atoms with Crippen molar-refractivity contribution in [1.29, 1.82) is 0 Å². The molecule has 2 heterocycles. The summed E-state index contributed by atoms with van der Waals surface area (Å²) < 4.78 is 13.8. The number of carbonyl (C=O) groups is 1. The summed E-state index contributed by atoms with van der Waals surface area (Å²) in [5.41, 5.74) is 2.28. The maximum atomic E-state index is 12.3. The highest BCUT2D eigenvalue weighted by molar-refractivity contribution is 9.10. The van der Waals surface area contributed by atoms with Gasteiger partial charge in [-0.05, 0) is 38.0 Å². The quantitative estimate of drug-likeness (QED) is 0.716. The minimum atomic E-state index is -0.139. The van der Waals surface area contributed by atoms with Crippen molar-refractivity contribution in [3.8, 4) is 5.69 Å². The first kappa shape index (κ1) is 18.1. The van der Waals surface area contributed by atoms with Crippen LogP contribution in [-0.4, -0.2) is 48.2 Å². The molecule has 7 heteroatoms. The van der Waals surface area contributed by atoms with Crippen LogP contribution in [0.15, 0.2) is 34.9 Å². The zero-order chi connectivity index (χ0) is 17.6. The number of nitrogens with one attached hydrogen (secondary N) is 1. The first-order valence-corrected chi connectivity index (χ1v) is 9.22. The van der Waals surface area contributed by atoms with Gasteiger partial charge >= 0.3 is 0 Å². The van der Waals surface area contributed by atoms with Gasteiger partial charge in [-0.2, -0.15) is 5.10 Å². The lowest BCUT2D eigenvalue weighted by atomic mass is 10.2. The molecule has 0 spiro atoms. The molecule has 1 aromatic heterocycles. The number of benzene rings is 1. The van der Waals surface area contributed by atoms with Gasteiger partial charge in [0.05, 0.1) is 42.5 Å². The van der Waals surface area contributed by atoms with Gasteiger partial charge in [0.1, 0.15) is 0 Å². The Morgan fingerprint density at radius 1 is 1.52 bits per heavy atom. The van der Waals surface area contributed by atoms with E-state index in [-0.39, 0.29) is 12.0 Å². The van der Waals surface area contributed by atoms with E-state index in [2.05, 4.69) is 26.3 Å². The number of amides is 1. The number of nitrogens with zero attached hydrogens (tertiary/aromatic N) is 2. The lowest BCUT2D eigenvalue weighted by Gasteiger charge is -2.10. The van der Waals surface area contributed by atoms with Crippen molar-refractivity contribution in [2.45, 2.75) is 25.9 Å². The first-order chi connectivity index (χ1) is 12.1. The molecule has 1 aliphatic rings. The van der Waals surface area contributed by atoms with Crippen LogP contribution >= 0.6 is 15.9 Å². The molecule has 3 rings (SSSR count). The van der Waals surface area contributed by atoms with Crippen LogP contribution in [0.25, 0.3) is 5.69 Å². The largest absolute Gasteiger partial charge is 0.377 e. The van der Waals surface area contributed by atoms with E-state index in [4.69, 9.17) is 9.47 Å². The summed E-state index contributed by atoms with van der Waals surface area (Å²) in [7, 11) is 0. The van der Waals surface area contributed by atoms with Crippen molar-refractivity contribution in [2.75, 3.05) is 26.4 Å². The van der Waals surface area contributed by atoms with Gasteiger partial charge in [-0.15, -0.1) is 0 Å². The minimum Gasteiger partial charge on any atom is -0.377 e. The zero-order valence-electron chi connectivity index (χ0n) is 14.2. The summed E-state index contributed by atoms with van der Waals surface area (Å²) in [6.45, 7) is 4.25. The van der Waals surface area contributed by atoms with Crippen molar-refractivity contribution >= 4 is 21.8 Å². The van der Waals surface area contributed by atoms with Gasteiger partial charge < -0.3 is 14.8 Å². The van der Waals surface area contributed by atoms with E-state index < -0.39 is 0 Å². The Hall–Kier alpha value is -1.70. The predicted octanol–water partition coefficient (Wildman–Crippen LogP) is 2.87. The predicted molar refractivity (Wildman–Crippen MR) is 98.1 cm³/mol. The summed E-state index contributed by atoms with van der Waals surface area (Å²) in [5, 5.41) is 7.21. The molecule has 0 saturated carbocycles. The summed E-state index contributed by atoms with van der Waals surface area (Å²) in [4.78, 5) is 12.3. The summed E-state index contributed by atoms with van der Waals surface area (Å²) in [6, 6.07) is 7.80. The number of halogens is 1. The second-order valence-electron chi connectivity index (χ2n) is 6.00. The highest BCUT2D eigenvalue weighted by Crippen LogP contribution is 2.18. The van der Waals surface area contributed by atoms with Gasteiger partial charge in [0.2, 0.25) is 0 Å². The summed E-state index contributed by atoms with van der Waals surface area (Å²) >= 11 is 3.45. The summed E-state index contributed by atoms with van der Waals surface area (Å²) in [6.07, 6.45) is 3.96. The third-order valence-electron chi connectivity index (χ3n) is 4.17. The monoisotopic (exact) mass is 407 g/mol. The molecule has 1 atom stereocenters. The Labute approximate surface area is 155 Å². The Kier molecular flexibility index (Phi) is 6.23. The lowest BCUT2D eigenvalue weighted by molar-refractivity contribution is 0.0183. The van der Waals surface area contributed by atoms with Crippen LogP contribution < -0.4 is 5.32 Å². The van der Waals surface area contributed by atoms with Crippen LogP contribution in [0.4, 0.5) is 0 Å². The molecule has 1 N–H and O–H groups in total. The number of hydrogen-bond donors (Lipinski definition) is 1. The lowest BCUT2D eigenvalue weighted by Crippen LogP contribution is -2.28. The van der Waals surface area contributed by atoms with E-state index in [1.54, 1.807) is 10.9 Å². The Balaban J connectivity index is 1.50. The SMILES string of the molecule is Cc1c(C(=O)NCCOCC2CCCO2)cnn1-c1cccc(Br)c1. The van der Waals surface area contributed by atoms with Crippen LogP contribution in [-0.2, 0) is 9.47 Å².